The average Bonchev–Trinajstić information content (AvgIpc) is 4.09. The molecule has 0 amide bonds. The Labute approximate surface area is 390 Å². The summed E-state index contributed by atoms with van der Waals surface area (Å²) < 4.78 is 7.67. The van der Waals surface area contributed by atoms with Crippen molar-refractivity contribution in [3.63, 3.8) is 0 Å². The lowest BCUT2D eigenvalue weighted by Gasteiger charge is -2.22. The van der Waals surface area contributed by atoms with Crippen LogP contribution in [0.3, 0.4) is 0 Å². The largest absolute Gasteiger partial charge is 0.309 e. The van der Waals surface area contributed by atoms with Crippen molar-refractivity contribution < 1.29 is 0 Å². The van der Waals surface area contributed by atoms with Crippen molar-refractivity contribution in [3.8, 4) is 16.8 Å². The molecule has 0 bridgehead atoms. The highest BCUT2D eigenvalue weighted by molar-refractivity contribution is 6.36. The summed E-state index contributed by atoms with van der Waals surface area (Å²) in [6.07, 6.45) is 0. The van der Waals surface area contributed by atoms with Gasteiger partial charge in [0, 0.05) is 65.1 Å². The number of hydrogen-bond acceptors (Lipinski definition) is 0. The van der Waals surface area contributed by atoms with Gasteiger partial charge in [-0.2, -0.15) is 0 Å². The van der Waals surface area contributed by atoms with E-state index >= 15 is 0 Å². The van der Waals surface area contributed by atoms with Crippen LogP contribution in [0.4, 0.5) is 0 Å². The minimum Gasteiger partial charge on any atom is -0.309 e. The summed E-state index contributed by atoms with van der Waals surface area (Å²) in [7, 11) is 0. The molecule has 324 valence electrons. The van der Waals surface area contributed by atoms with Crippen LogP contribution in [-0.4, -0.2) is 13.4 Å². The molecular formula is C64H53N3. The molecule has 0 fully saturated rings. The molecule has 0 atom stereocenters. The summed E-state index contributed by atoms with van der Waals surface area (Å²) in [4.78, 5) is 0. The smallest absolute Gasteiger partial charge is 0.0621 e. The van der Waals surface area contributed by atoms with Gasteiger partial charge in [0.15, 0.2) is 0 Å². The highest BCUT2D eigenvalue weighted by atomic mass is 15.0. The monoisotopic (exact) mass is 863 g/mol. The van der Waals surface area contributed by atoms with Crippen LogP contribution in [0.5, 0.6) is 0 Å². The fourth-order valence-electron chi connectivity index (χ4n) is 12.0. The topological polar surface area (TPSA) is 13.8 Å². The Hall–Kier alpha value is -7.36. The van der Waals surface area contributed by atoms with Crippen LogP contribution < -0.4 is 0 Å². The maximum absolute atomic E-state index is 2.66. The van der Waals surface area contributed by atoms with Crippen molar-refractivity contribution in [2.45, 2.75) is 78.6 Å². The number of para-hydroxylation sites is 2. The molecule has 0 aliphatic carbocycles. The SMILES string of the molecule is CC(C)(C)c1cc(-c2ccc3c(c2)c2ccccc2n3-c2ccccc2)c2c(c1)c1cc(C(C)(C)C)cc3c4c5c6cc(C(C)(C)C)cc7c8cc9ccccc9cc8n(c5ccc4n2c13)c76. The highest BCUT2D eigenvalue weighted by Crippen LogP contribution is 2.51. The quantitative estimate of drug-likeness (QED) is 0.164. The number of aromatic nitrogens is 3. The van der Waals surface area contributed by atoms with Gasteiger partial charge >= 0.3 is 0 Å². The number of fused-ring (bicyclic) bond motifs is 17. The molecule has 0 unspecified atom stereocenters. The Morgan fingerprint density at radius 3 is 1.45 bits per heavy atom. The van der Waals surface area contributed by atoms with Crippen molar-refractivity contribution in [1.29, 1.82) is 0 Å². The van der Waals surface area contributed by atoms with Crippen LogP contribution in [0.25, 0.3) is 126 Å². The van der Waals surface area contributed by atoms with E-state index in [9.17, 15) is 0 Å². The minimum atomic E-state index is -0.0663. The maximum Gasteiger partial charge on any atom is 0.0621 e. The fourth-order valence-corrected chi connectivity index (χ4v) is 12.0. The van der Waals surface area contributed by atoms with Crippen LogP contribution in [0.2, 0.25) is 0 Å². The minimum absolute atomic E-state index is 0.0360. The van der Waals surface area contributed by atoms with E-state index in [2.05, 4.69) is 233 Å². The van der Waals surface area contributed by atoms with E-state index in [1.165, 1.54) is 142 Å². The second kappa shape index (κ2) is 12.7. The third kappa shape index (κ3) is 5.18. The molecule has 67 heavy (non-hydrogen) atoms. The van der Waals surface area contributed by atoms with Crippen molar-refractivity contribution in [2.75, 3.05) is 0 Å². The molecule has 14 rings (SSSR count). The second-order valence-corrected chi connectivity index (χ2v) is 22.7. The van der Waals surface area contributed by atoms with Crippen LogP contribution in [0.1, 0.15) is 79.0 Å². The van der Waals surface area contributed by atoms with E-state index in [0.717, 1.165) is 0 Å². The third-order valence-electron chi connectivity index (χ3n) is 15.5. The van der Waals surface area contributed by atoms with Crippen molar-refractivity contribution >= 4 is 109 Å². The van der Waals surface area contributed by atoms with E-state index < -0.39 is 0 Å². The summed E-state index contributed by atoms with van der Waals surface area (Å²) in [6, 6.07) is 60.6. The average molecular weight is 864 g/mol. The first-order valence-electron chi connectivity index (χ1n) is 24.1. The van der Waals surface area contributed by atoms with Crippen LogP contribution >= 0.6 is 0 Å². The van der Waals surface area contributed by atoms with Gasteiger partial charge in [-0.15, -0.1) is 0 Å². The highest BCUT2D eigenvalue weighted by Gasteiger charge is 2.30. The molecular weight excluding hydrogens is 811 g/mol. The molecule has 5 heterocycles. The predicted octanol–water partition coefficient (Wildman–Crippen LogP) is 17.8. The molecule has 0 saturated carbocycles. The normalized spacial score (nSPS) is 13.4. The lowest BCUT2D eigenvalue weighted by atomic mass is 9.82. The van der Waals surface area contributed by atoms with Gasteiger partial charge in [0.05, 0.1) is 44.1 Å². The number of benzene rings is 9. The molecule has 0 aliphatic rings. The Bertz CT molecular complexity index is 4410. The van der Waals surface area contributed by atoms with E-state index in [4.69, 9.17) is 0 Å². The lowest BCUT2D eigenvalue weighted by molar-refractivity contribution is 0.591. The zero-order valence-electron chi connectivity index (χ0n) is 39.9. The fraction of sp³-hybridized carbons (Fsp3) is 0.188. The first-order valence-corrected chi connectivity index (χ1v) is 24.1. The van der Waals surface area contributed by atoms with Gasteiger partial charge in [0.25, 0.3) is 0 Å². The van der Waals surface area contributed by atoms with Gasteiger partial charge in [0.1, 0.15) is 0 Å². The van der Waals surface area contributed by atoms with Crippen molar-refractivity contribution in [3.05, 3.63) is 174 Å². The third-order valence-corrected chi connectivity index (χ3v) is 15.5. The first-order chi connectivity index (χ1) is 32.1. The molecule has 0 aliphatic heterocycles. The van der Waals surface area contributed by atoms with Gasteiger partial charge in [0.2, 0.25) is 0 Å². The number of rotatable bonds is 2. The van der Waals surface area contributed by atoms with Gasteiger partial charge < -0.3 is 13.4 Å². The molecule has 3 nitrogen and oxygen atoms in total. The standard InChI is InChI=1S/C64H53N3/c1-62(2,3)39-30-44(38-23-24-53-45(28-38)43-21-15-16-22-52(43)65(53)42-19-11-10-12-20-42)59-48(32-39)49-33-41(64(7,8)9)35-51-58-55(67(59)61(49)51)26-25-54-57(58)50-34-40(63(4,5)6)31-47-46-27-36-17-13-14-18-37(36)29-56(46)66(54)60(47)50/h10-35H,1-9H3. The summed E-state index contributed by atoms with van der Waals surface area (Å²) in [6.45, 7) is 21.3. The molecule has 0 saturated heterocycles. The van der Waals surface area contributed by atoms with Gasteiger partial charge in [-0.1, -0.05) is 129 Å². The maximum atomic E-state index is 2.66. The Balaban J connectivity index is 1.17. The summed E-state index contributed by atoms with van der Waals surface area (Å²) in [5, 5.41) is 15.8. The first kappa shape index (κ1) is 38.9. The van der Waals surface area contributed by atoms with E-state index in [-0.39, 0.29) is 16.2 Å². The zero-order chi connectivity index (χ0) is 45.6. The van der Waals surface area contributed by atoms with E-state index in [0.29, 0.717) is 0 Å². The molecule has 3 heteroatoms. The summed E-state index contributed by atoms with van der Waals surface area (Å²) in [5.74, 6) is 0. The Morgan fingerprint density at radius 2 is 0.791 bits per heavy atom. The molecule has 9 aromatic carbocycles. The van der Waals surface area contributed by atoms with Gasteiger partial charge in [-0.05, 0) is 140 Å². The molecule has 0 N–H and O–H groups in total. The molecule has 0 spiro atoms. The predicted molar refractivity (Wildman–Crippen MR) is 289 cm³/mol. The van der Waals surface area contributed by atoms with Crippen molar-refractivity contribution in [2.24, 2.45) is 0 Å². The van der Waals surface area contributed by atoms with E-state index in [1.54, 1.807) is 0 Å². The number of hydrogen-bond donors (Lipinski definition) is 0. The summed E-state index contributed by atoms with van der Waals surface area (Å²) in [5.41, 5.74) is 17.8. The van der Waals surface area contributed by atoms with Crippen LogP contribution in [0, 0.1) is 0 Å². The lowest BCUT2D eigenvalue weighted by Crippen LogP contribution is -2.11. The van der Waals surface area contributed by atoms with Crippen LogP contribution in [0.15, 0.2) is 158 Å². The Morgan fingerprint density at radius 1 is 0.313 bits per heavy atom. The molecule has 5 aromatic heterocycles. The Kier molecular flexibility index (Phi) is 7.39. The van der Waals surface area contributed by atoms with Gasteiger partial charge in [-0.25, -0.2) is 0 Å². The molecule has 14 aromatic rings. The van der Waals surface area contributed by atoms with E-state index in [1.807, 2.05) is 0 Å². The molecule has 0 radical (unpaired) electrons. The zero-order valence-corrected chi connectivity index (χ0v) is 39.9. The number of nitrogens with zero attached hydrogens (tertiary/aromatic N) is 3. The second-order valence-electron chi connectivity index (χ2n) is 22.7. The van der Waals surface area contributed by atoms with Crippen molar-refractivity contribution in [1.82, 2.24) is 13.4 Å². The van der Waals surface area contributed by atoms with Gasteiger partial charge in [-0.3, -0.25) is 0 Å². The summed E-state index contributed by atoms with van der Waals surface area (Å²) >= 11 is 0. The van der Waals surface area contributed by atoms with Crippen LogP contribution in [-0.2, 0) is 16.2 Å².